The number of hydrogen-bond acceptors (Lipinski definition) is 6. The van der Waals surface area contributed by atoms with Crippen molar-refractivity contribution in [1.82, 2.24) is 8.87 Å². The van der Waals surface area contributed by atoms with E-state index >= 15 is 0 Å². The van der Waals surface area contributed by atoms with Crippen molar-refractivity contribution in [3.63, 3.8) is 0 Å². The molecule has 0 amide bonds. The molecule has 5 rings (SSSR count). The van der Waals surface area contributed by atoms with E-state index in [0.29, 0.717) is 23.5 Å². The van der Waals surface area contributed by atoms with Crippen molar-refractivity contribution in [3.05, 3.63) is 94.7 Å². The van der Waals surface area contributed by atoms with Gasteiger partial charge in [0, 0.05) is 23.7 Å². The third-order valence-corrected chi connectivity index (χ3v) is 8.87. The van der Waals surface area contributed by atoms with E-state index in [-0.39, 0.29) is 17.0 Å². The standard InChI is InChI=1S/C30H26N4O4S/c1-20-8-10-24(11-9-20)39(35,36)34-13-12-22-15-28(37-2)29(38-3)16-26(22)30(34)33-19-23(14-21(17-31)18-32)25-6-4-5-7-27(25)33/h4-11,14-16,19,30H,12-13H2,1-3H3. The minimum absolute atomic E-state index is 0.0440. The molecule has 1 aromatic heterocycles. The summed E-state index contributed by atoms with van der Waals surface area (Å²) >= 11 is 0. The maximum Gasteiger partial charge on any atom is 0.245 e. The number of benzene rings is 3. The first kappa shape index (κ1) is 26.1. The van der Waals surface area contributed by atoms with Crippen LogP contribution in [-0.2, 0) is 16.4 Å². The Bertz CT molecular complexity index is 1780. The van der Waals surface area contributed by atoms with E-state index in [0.717, 1.165) is 27.6 Å². The lowest BCUT2D eigenvalue weighted by atomic mass is 9.97. The molecule has 0 saturated heterocycles. The molecule has 9 heteroatoms. The summed E-state index contributed by atoms with van der Waals surface area (Å²) in [5.74, 6) is 1.06. The molecule has 3 aromatic carbocycles. The van der Waals surface area contributed by atoms with Crippen LogP contribution in [-0.4, -0.2) is 38.1 Å². The van der Waals surface area contributed by atoms with E-state index in [1.54, 1.807) is 44.7 Å². The van der Waals surface area contributed by atoms with Gasteiger partial charge in [0.05, 0.1) is 24.6 Å². The predicted molar refractivity (Wildman–Crippen MR) is 148 cm³/mol. The Morgan fingerprint density at radius 3 is 2.33 bits per heavy atom. The number of aryl methyl sites for hydroxylation is 1. The van der Waals surface area contributed by atoms with Crippen LogP contribution in [0.1, 0.15) is 28.4 Å². The van der Waals surface area contributed by atoms with Crippen LogP contribution in [0.2, 0.25) is 0 Å². The Balaban J connectivity index is 1.80. The lowest BCUT2D eigenvalue weighted by Crippen LogP contribution is -2.43. The van der Waals surface area contributed by atoms with Gasteiger partial charge in [-0.1, -0.05) is 35.9 Å². The quantitative estimate of drug-likeness (QED) is 0.313. The fourth-order valence-electron chi connectivity index (χ4n) is 5.08. The number of allylic oxidation sites excluding steroid dienone is 1. The van der Waals surface area contributed by atoms with E-state index in [2.05, 4.69) is 0 Å². The number of sulfonamides is 1. The van der Waals surface area contributed by atoms with E-state index in [9.17, 15) is 18.9 Å². The molecule has 4 aromatic rings. The molecule has 0 aliphatic carbocycles. The van der Waals surface area contributed by atoms with Gasteiger partial charge in [-0.3, -0.25) is 0 Å². The van der Waals surface area contributed by atoms with Crippen molar-refractivity contribution in [1.29, 1.82) is 10.5 Å². The van der Waals surface area contributed by atoms with Gasteiger partial charge in [-0.25, -0.2) is 8.42 Å². The summed E-state index contributed by atoms with van der Waals surface area (Å²) in [5, 5.41) is 19.6. The molecule has 1 unspecified atom stereocenters. The maximum atomic E-state index is 14.1. The number of methoxy groups -OCH3 is 2. The Kier molecular flexibility index (Phi) is 6.88. The van der Waals surface area contributed by atoms with Crippen molar-refractivity contribution >= 4 is 27.0 Å². The highest BCUT2D eigenvalue weighted by Crippen LogP contribution is 2.42. The van der Waals surface area contributed by atoms with Gasteiger partial charge in [0.25, 0.3) is 0 Å². The highest BCUT2D eigenvalue weighted by atomic mass is 32.2. The van der Waals surface area contributed by atoms with Gasteiger partial charge in [-0.15, -0.1) is 0 Å². The van der Waals surface area contributed by atoms with E-state index in [1.165, 1.54) is 10.4 Å². The minimum atomic E-state index is -3.93. The molecule has 0 saturated carbocycles. The fourth-order valence-corrected chi connectivity index (χ4v) is 6.64. The first-order valence-corrected chi connectivity index (χ1v) is 13.7. The van der Waals surface area contributed by atoms with Crippen molar-refractivity contribution in [2.45, 2.75) is 24.4 Å². The number of ether oxygens (including phenoxy) is 2. The Morgan fingerprint density at radius 2 is 1.67 bits per heavy atom. The van der Waals surface area contributed by atoms with Gasteiger partial charge in [-0.2, -0.15) is 14.8 Å². The monoisotopic (exact) mass is 538 g/mol. The number of rotatable bonds is 6. The molecule has 1 atom stereocenters. The van der Waals surface area contributed by atoms with Crippen molar-refractivity contribution in [3.8, 4) is 23.6 Å². The third kappa shape index (κ3) is 4.52. The number of nitrogens with zero attached hydrogens (tertiary/aromatic N) is 4. The molecule has 8 nitrogen and oxygen atoms in total. The topological polar surface area (TPSA) is 108 Å². The first-order valence-electron chi connectivity index (χ1n) is 12.3. The van der Waals surface area contributed by atoms with Crippen LogP contribution in [0.5, 0.6) is 11.5 Å². The van der Waals surface area contributed by atoms with Crippen LogP contribution >= 0.6 is 0 Å². The average Bonchev–Trinajstić information content (AvgIpc) is 3.32. The van der Waals surface area contributed by atoms with Crippen LogP contribution in [0.15, 0.2) is 77.3 Å². The van der Waals surface area contributed by atoms with E-state index in [4.69, 9.17) is 9.47 Å². The summed E-state index contributed by atoms with van der Waals surface area (Å²) in [6, 6.07) is 21.9. The molecule has 196 valence electrons. The SMILES string of the molecule is COc1cc2c(cc1OC)C(n1cc(C=C(C#N)C#N)c3ccccc31)N(S(=O)(=O)c1ccc(C)cc1)CC2. The van der Waals surface area contributed by atoms with Crippen LogP contribution in [0.25, 0.3) is 17.0 Å². The molecule has 0 radical (unpaired) electrons. The average molecular weight is 539 g/mol. The number of nitriles is 2. The molecule has 0 bridgehead atoms. The first-order chi connectivity index (χ1) is 18.8. The number of hydrogen-bond donors (Lipinski definition) is 0. The second kappa shape index (κ2) is 10.3. The molecule has 0 N–H and O–H groups in total. The second-order valence-electron chi connectivity index (χ2n) is 9.25. The van der Waals surface area contributed by atoms with E-state index in [1.807, 2.05) is 60.0 Å². The maximum absolute atomic E-state index is 14.1. The smallest absolute Gasteiger partial charge is 0.245 e. The Labute approximate surface area is 227 Å². The third-order valence-electron chi connectivity index (χ3n) is 7.00. The summed E-state index contributed by atoms with van der Waals surface area (Å²) in [6.07, 6.45) is 3.04. The van der Waals surface area contributed by atoms with Crippen molar-refractivity contribution < 1.29 is 17.9 Å². The highest BCUT2D eigenvalue weighted by molar-refractivity contribution is 7.89. The zero-order chi connectivity index (χ0) is 27.7. The largest absolute Gasteiger partial charge is 0.493 e. The summed E-state index contributed by atoms with van der Waals surface area (Å²) in [5.41, 5.74) is 4.02. The summed E-state index contributed by atoms with van der Waals surface area (Å²) in [4.78, 5) is 0.204. The molecule has 39 heavy (non-hydrogen) atoms. The predicted octanol–water partition coefficient (Wildman–Crippen LogP) is 5.19. The molecule has 0 fully saturated rings. The van der Waals surface area contributed by atoms with E-state index < -0.39 is 16.2 Å². The minimum Gasteiger partial charge on any atom is -0.493 e. The molecule has 1 aliphatic rings. The van der Waals surface area contributed by atoms with Crippen molar-refractivity contribution in [2.24, 2.45) is 0 Å². The molecule has 2 heterocycles. The molecule has 0 spiro atoms. The Morgan fingerprint density at radius 1 is 1.00 bits per heavy atom. The van der Waals surface area contributed by atoms with Gasteiger partial charge in [-0.05, 0) is 60.9 Å². The van der Waals surface area contributed by atoms with Gasteiger partial charge in [0.2, 0.25) is 10.0 Å². The Hall–Kier alpha value is -4.57. The van der Waals surface area contributed by atoms with Gasteiger partial charge in [0.1, 0.15) is 23.9 Å². The second-order valence-corrected chi connectivity index (χ2v) is 11.1. The molecule has 1 aliphatic heterocycles. The summed E-state index contributed by atoms with van der Waals surface area (Å²) in [7, 11) is -0.813. The number of para-hydroxylation sites is 1. The highest BCUT2D eigenvalue weighted by Gasteiger charge is 2.39. The van der Waals surface area contributed by atoms with Gasteiger partial charge in [0.15, 0.2) is 11.5 Å². The van der Waals surface area contributed by atoms with Crippen LogP contribution in [0.3, 0.4) is 0 Å². The zero-order valence-corrected chi connectivity index (χ0v) is 22.6. The lowest BCUT2D eigenvalue weighted by molar-refractivity contribution is 0.275. The summed E-state index contributed by atoms with van der Waals surface area (Å²) in [6.45, 7) is 2.15. The van der Waals surface area contributed by atoms with Gasteiger partial charge >= 0.3 is 0 Å². The summed E-state index contributed by atoms with van der Waals surface area (Å²) < 4.78 is 42.8. The van der Waals surface area contributed by atoms with Crippen LogP contribution in [0.4, 0.5) is 0 Å². The molecular weight excluding hydrogens is 512 g/mol. The molecular formula is C30H26N4O4S. The number of aromatic nitrogens is 1. The van der Waals surface area contributed by atoms with Crippen LogP contribution < -0.4 is 9.47 Å². The van der Waals surface area contributed by atoms with Crippen LogP contribution in [0, 0.1) is 29.6 Å². The number of fused-ring (bicyclic) bond motifs is 2. The zero-order valence-electron chi connectivity index (χ0n) is 21.7. The van der Waals surface area contributed by atoms with Crippen molar-refractivity contribution in [2.75, 3.05) is 20.8 Å². The fraction of sp³-hybridized carbons (Fsp3) is 0.200. The normalized spacial score (nSPS) is 15.2. The van der Waals surface area contributed by atoms with Gasteiger partial charge < -0.3 is 14.0 Å². The lowest BCUT2D eigenvalue weighted by Gasteiger charge is -2.38.